The molecule has 0 spiro atoms. The molecule has 1 rings (SSSR count). The van der Waals surface area contributed by atoms with E-state index < -0.39 is 10.0 Å². The zero-order valence-electron chi connectivity index (χ0n) is 12.9. The number of hydrogen-bond donors (Lipinski definition) is 1. The maximum absolute atomic E-state index is 11.5. The average Bonchev–Trinajstić information content (AvgIpc) is 2.44. The molecule has 4 heteroatoms. The monoisotopic (exact) mass is 297 g/mol. The molecule has 0 aromatic heterocycles. The minimum atomic E-state index is -3.18. The fraction of sp³-hybridized carbons (Fsp3) is 0.625. The first-order valence-electron chi connectivity index (χ1n) is 7.59. The Morgan fingerprint density at radius 3 is 2.25 bits per heavy atom. The zero-order chi connectivity index (χ0) is 15.0. The van der Waals surface area contributed by atoms with Gasteiger partial charge in [0.2, 0.25) is 10.0 Å². The summed E-state index contributed by atoms with van der Waals surface area (Å²) in [5.74, 6) is 0.631. The number of sulfonamides is 1. The van der Waals surface area contributed by atoms with Crippen molar-refractivity contribution in [2.24, 2.45) is 0 Å². The molecule has 1 aromatic rings. The summed E-state index contributed by atoms with van der Waals surface area (Å²) in [4.78, 5) is 0. The lowest BCUT2D eigenvalue weighted by Gasteiger charge is -2.13. The van der Waals surface area contributed by atoms with Gasteiger partial charge in [-0.1, -0.05) is 51.7 Å². The first kappa shape index (κ1) is 17.0. The van der Waals surface area contributed by atoms with E-state index in [9.17, 15) is 8.42 Å². The summed E-state index contributed by atoms with van der Waals surface area (Å²) in [6.07, 6.45) is 6.33. The Labute approximate surface area is 123 Å². The second-order valence-corrected chi connectivity index (χ2v) is 7.39. The van der Waals surface area contributed by atoms with Crippen LogP contribution >= 0.6 is 0 Å². The number of nitrogens with one attached hydrogen (secondary N) is 1. The molecule has 0 heterocycles. The third-order valence-electron chi connectivity index (χ3n) is 3.62. The van der Waals surface area contributed by atoms with Gasteiger partial charge in [0.25, 0.3) is 0 Å². The first-order chi connectivity index (χ1) is 9.48. The predicted molar refractivity (Wildman–Crippen MR) is 86.7 cm³/mol. The third kappa shape index (κ3) is 5.95. The maximum atomic E-state index is 11.5. The van der Waals surface area contributed by atoms with Crippen molar-refractivity contribution < 1.29 is 8.42 Å². The Morgan fingerprint density at radius 2 is 1.70 bits per heavy atom. The van der Waals surface area contributed by atoms with Crippen LogP contribution in [-0.4, -0.2) is 14.2 Å². The summed E-state index contributed by atoms with van der Waals surface area (Å²) >= 11 is 0. The summed E-state index contributed by atoms with van der Waals surface area (Å²) in [6.45, 7) is 6.09. The van der Waals surface area contributed by atoms with Gasteiger partial charge < -0.3 is 0 Å². The molecule has 0 radical (unpaired) electrons. The standard InChI is InChI=1S/C16H27NO2S/c1-4-6-7-8-9-14(3)15-10-12-16(13-11-15)17-20(18,19)5-2/h10-14,17H,4-9H2,1-3H3. The van der Waals surface area contributed by atoms with Gasteiger partial charge in [0, 0.05) is 5.69 Å². The lowest BCUT2D eigenvalue weighted by Crippen LogP contribution is -2.14. The smallest absolute Gasteiger partial charge is 0.232 e. The van der Waals surface area contributed by atoms with Crippen LogP contribution < -0.4 is 4.72 Å². The van der Waals surface area contributed by atoms with Crippen LogP contribution in [0.1, 0.15) is 64.4 Å². The van der Waals surface area contributed by atoms with Crippen molar-refractivity contribution in [1.82, 2.24) is 0 Å². The largest absolute Gasteiger partial charge is 0.284 e. The van der Waals surface area contributed by atoms with Crippen LogP contribution in [0.5, 0.6) is 0 Å². The highest BCUT2D eigenvalue weighted by Crippen LogP contribution is 2.23. The number of anilines is 1. The van der Waals surface area contributed by atoms with Crippen molar-refractivity contribution in [3.8, 4) is 0 Å². The van der Waals surface area contributed by atoms with Gasteiger partial charge in [-0.3, -0.25) is 4.72 Å². The van der Waals surface area contributed by atoms with E-state index in [4.69, 9.17) is 0 Å². The van der Waals surface area contributed by atoms with Crippen molar-refractivity contribution in [1.29, 1.82) is 0 Å². The molecule has 0 saturated carbocycles. The lowest BCUT2D eigenvalue weighted by molar-refractivity contribution is 0.580. The fourth-order valence-corrected chi connectivity index (χ4v) is 2.81. The predicted octanol–water partition coefficient (Wildman–Crippen LogP) is 4.52. The minimum Gasteiger partial charge on any atom is -0.284 e. The Balaban J connectivity index is 2.53. The summed E-state index contributed by atoms with van der Waals surface area (Å²) in [5.41, 5.74) is 1.93. The second kappa shape index (κ2) is 8.30. The van der Waals surface area contributed by atoms with Crippen LogP contribution in [0, 0.1) is 0 Å². The fourth-order valence-electron chi connectivity index (χ4n) is 2.18. The van der Waals surface area contributed by atoms with Gasteiger partial charge in [-0.15, -0.1) is 0 Å². The first-order valence-corrected chi connectivity index (χ1v) is 9.24. The van der Waals surface area contributed by atoms with Crippen molar-refractivity contribution in [3.63, 3.8) is 0 Å². The van der Waals surface area contributed by atoms with Gasteiger partial charge >= 0.3 is 0 Å². The molecule has 0 amide bonds. The van der Waals surface area contributed by atoms with Gasteiger partial charge in [0.15, 0.2) is 0 Å². The quantitative estimate of drug-likeness (QED) is 0.681. The molecular formula is C16H27NO2S. The Hall–Kier alpha value is -1.03. The number of hydrogen-bond acceptors (Lipinski definition) is 2. The molecule has 0 fully saturated rings. The Kier molecular flexibility index (Phi) is 7.06. The van der Waals surface area contributed by atoms with Crippen molar-refractivity contribution in [2.45, 2.75) is 58.8 Å². The lowest BCUT2D eigenvalue weighted by atomic mass is 9.95. The van der Waals surface area contributed by atoms with Crippen LogP contribution in [0.2, 0.25) is 0 Å². The summed E-state index contributed by atoms with van der Waals surface area (Å²) < 4.78 is 25.5. The molecule has 0 aliphatic carbocycles. The molecule has 0 aliphatic heterocycles. The number of unbranched alkanes of at least 4 members (excludes halogenated alkanes) is 3. The molecule has 114 valence electrons. The number of benzene rings is 1. The Bertz CT molecular complexity index is 480. The van der Waals surface area contributed by atoms with Crippen LogP contribution in [0.15, 0.2) is 24.3 Å². The van der Waals surface area contributed by atoms with E-state index in [1.54, 1.807) is 6.92 Å². The van der Waals surface area contributed by atoms with Crippen LogP contribution in [-0.2, 0) is 10.0 Å². The van der Waals surface area contributed by atoms with Gasteiger partial charge in [0.1, 0.15) is 0 Å². The second-order valence-electron chi connectivity index (χ2n) is 5.38. The van der Waals surface area contributed by atoms with Gasteiger partial charge in [-0.2, -0.15) is 0 Å². The van der Waals surface area contributed by atoms with E-state index >= 15 is 0 Å². The summed E-state index contributed by atoms with van der Waals surface area (Å²) in [6, 6.07) is 7.76. The summed E-state index contributed by atoms with van der Waals surface area (Å²) in [7, 11) is -3.18. The van der Waals surface area contributed by atoms with Crippen molar-refractivity contribution in [3.05, 3.63) is 29.8 Å². The van der Waals surface area contributed by atoms with Crippen molar-refractivity contribution >= 4 is 15.7 Å². The maximum Gasteiger partial charge on any atom is 0.232 e. The highest BCUT2D eigenvalue weighted by atomic mass is 32.2. The van der Waals surface area contributed by atoms with Crippen molar-refractivity contribution in [2.75, 3.05) is 10.5 Å². The Morgan fingerprint density at radius 1 is 1.05 bits per heavy atom. The zero-order valence-corrected chi connectivity index (χ0v) is 13.7. The molecule has 0 aliphatic rings. The van der Waals surface area contributed by atoms with Gasteiger partial charge in [-0.25, -0.2) is 8.42 Å². The molecule has 1 atom stereocenters. The molecule has 0 bridgehead atoms. The molecule has 20 heavy (non-hydrogen) atoms. The highest BCUT2D eigenvalue weighted by Gasteiger charge is 2.08. The van der Waals surface area contributed by atoms with E-state index in [1.807, 2.05) is 24.3 Å². The van der Waals surface area contributed by atoms with Gasteiger partial charge in [0.05, 0.1) is 5.75 Å². The normalized spacial score (nSPS) is 13.2. The van der Waals surface area contributed by atoms with E-state index in [-0.39, 0.29) is 5.75 Å². The topological polar surface area (TPSA) is 46.2 Å². The van der Waals surface area contributed by atoms with Crippen LogP contribution in [0.4, 0.5) is 5.69 Å². The summed E-state index contributed by atoms with van der Waals surface area (Å²) in [5, 5.41) is 0. The number of rotatable bonds is 9. The molecule has 1 aromatic carbocycles. The molecule has 1 N–H and O–H groups in total. The average molecular weight is 297 g/mol. The van der Waals surface area contributed by atoms with Gasteiger partial charge in [-0.05, 0) is 37.0 Å². The third-order valence-corrected chi connectivity index (χ3v) is 4.93. The molecular weight excluding hydrogens is 270 g/mol. The molecule has 1 unspecified atom stereocenters. The van der Waals surface area contributed by atoms with E-state index in [1.165, 1.54) is 37.7 Å². The SMILES string of the molecule is CCCCCCC(C)c1ccc(NS(=O)(=O)CC)cc1. The van der Waals surface area contributed by atoms with E-state index in [2.05, 4.69) is 18.6 Å². The van der Waals surface area contributed by atoms with E-state index in [0.29, 0.717) is 11.6 Å². The molecule has 3 nitrogen and oxygen atoms in total. The van der Waals surface area contributed by atoms with E-state index in [0.717, 1.165) is 0 Å². The van der Waals surface area contributed by atoms with Crippen LogP contribution in [0.25, 0.3) is 0 Å². The molecule has 0 saturated heterocycles. The highest BCUT2D eigenvalue weighted by molar-refractivity contribution is 7.92. The van der Waals surface area contributed by atoms with Crippen LogP contribution in [0.3, 0.4) is 0 Å². The minimum absolute atomic E-state index is 0.0998.